The molecule has 0 saturated carbocycles. The van der Waals surface area contributed by atoms with E-state index in [-0.39, 0.29) is 12.1 Å². The van der Waals surface area contributed by atoms with E-state index in [1.165, 1.54) is 12.8 Å². The molecule has 8 nitrogen and oxygen atoms in total. The second kappa shape index (κ2) is 14.0. The molecule has 6 fully saturated rings. The second-order valence-electron chi connectivity index (χ2n) is 13.9. The van der Waals surface area contributed by atoms with Crippen LogP contribution in [0.3, 0.4) is 0 Å². The predicted octanol–water partition coefficient (Wildman–Crippen LogP) is 6.35. The molecular weight excluding hydrogens is 600 g/mol. The van der Waals surface area contributed by atoms with Crippen LogP contribution in [-0.2, 0) is 0 Å². The number of rotatable bonds is 8. The van der Waals surface area contributed by atoms with Crippen molar-refractivity contribution in [3.63, 3.8) is 0 Å². The van der Waals surface area contributed by atoms with Crippen LogP contribution in [0.4, 0.5) is 0 Å². The maximum Gasteiger partial charge on any atom is 0.119 e. The molecule has 2 aromatic heterocycles. The number of nitrogens with zero attached hydrogens (tertiary/aromatic N) is 4. The normalized spacial score (nSPS) is 30.2. The maximum atomic E-state index is 11.2. The van der Waals surface area contributed by atoms with Crippen LogP contribution in [0.25, 0.3) is 21.8 Å². The lowest BCUT2D eigenvalue weighted by Gasteiger charge is -2.50. The van der Waals surface area contributed by atoms with Gasteiger partial charge in [-0.25, -0.2) is 0 Å². The summed E-state index contributed by atoms with van der Waals surface area (Å²) in [4.78, 5) is 13.7. The highest BCUT2D eigenvalue weighted by atomic mass is 16.5. The quantitative estimate of drug-likeness (QED) is 0.214. The molecule has 0 radical (unpaired) electrons. The third-order valence-electron chi connectivity index (χ3n) is 11.6. The molecule has 48 heavy (non-hydrogen) atoms. The van der Waals surface area contributed by atoms with Gasteiger partial charge in [-0.15, -0.1) is 13.2 Å². The highest BCUT2D eigenvalue weighted by Crippen LogP contribution is 2.43. The summed E-state index contributed by atoms with van der Waals surface area (Å²) in [7, 11) is 3.32. The third-order valence-corrected chi connectivity index (χ3v) is 11.6. The van der Waals surface area contributed by atoms with E-state index in [0.29, 0.717) is 23.7 Å². The van der Waals surface area contributed by atoms with Crippen molar-refractivity contribution >= 4 is 21.8 Å². The van der Waals surface area contributed by atoms with Gasteiger partial charge in [-0.1, -0.05) is 12.2 Å². The molecule has 4 bridgehead atoms. The SMILES string of the molecule is C=CC1CN2CC[C@H]1CC2[C@@H](O)c1ccnc2ccc(OC)cc12.C=CC1CN2CC[C@H]1CC2[C@@H](O)c1ccnc2ccc(OC)cc12. The summed E-state index contributed by atoms with van der Waals surface area (Å²) in [6, 6.07) is 15.9. The van der Waals surface area contributed by atoms with Crippen molar-refractivity contribution < 1.29 is 19.7 Å². The molecule has 6 saturated heterocycles. The molecule has 0 aliphatic carbocycles. The fourth-order valence-corrected chi connectivity index (χ4v) is 8.89. The number of benzene rings is 2. The monoisotopic (exact) mass is 648 g/mol. The van der Waals surface area contributed by atoms with Crippen molar-refractivity contribution in [1.82, 2.24) is 19.8 Å². The summed E-state index contributed by atoms with van der Waals surface area (Å²) in [6.07, 6.45) is 11.2. The van der Waals surface area contributed by atoms with Crippen LogP contribution in [-0.4, -0.2) is 82.5 Å². The molecule has 8 heteroatoms. The van der Waals surface area contributed by atoms with Crippen LogP contribution < -0.4 is 9.47 Å². The molecule has 252 valence electrons. The van der Waals surface area contributed by atoms with E-state index >= 15 is 0 Å². The number of aliphatic hydroxyl groups is 2. The van der Waals surface area contributed by atoms with Crippen LogP contribution >= 0.6 is 0 Å². The van der Waals surface area contributed by atoms with Gasteiger partial charge in [0.15, 0.2) is 0 Å². The molecule has 6 aliphatic rings. The first-order chi connectivity index (χ1) is 23.4. The van der Waals surface area contributed by atoms with Crippen molar-refractivity contribution in [2.24, 2.45) is 23.7 Å². The Morgan fingerprint density at radius 1 is 0.708 bits per heavy atom. The minimum atomic E-state index is -0.504. The largest absolute Gasteiger partial charge is 0.497 e. The Morgan fingerprint density at radius 3 is 1.50 bits per heavy atom. The van der Waals surface area contributed by atoms with E-state index in [0.717, 1.165) is 83.5 Å². The van der Waals surface area contributed by atoms with Gasteiger partial charge in [-0.2, -0.15) is 0 Å². The van der Waals surface area contributed by atoms with Crippen molar-refractivity contribution in [2.75, 3.05) is 40.4 Å². The number of aliphatic hydroxyl groups excluding tert-OH is 2. The average Bonchev–Trinajstić information content (AvgIpc) is 3.16. The third kappa shape index (κ3) is 6.11. The first-order valence-electron chi connectivity index (χ1n) is 17.4. The highest BCUT2D eigenvalue weighted by molar-refractivity contribution is 5.84. The fourth-order valence-electron chi connectivity index (χ4n) is 8.89. The Hall–Kier alpha value is -3.82. The molecular formula is C40H48N4O4. The Morgan fingerprint density at radius 2 is 1.15 bits per heavy atom. The van der Waals surface area contributed by atoms with Gasteiger partial charge in [-0.05, 0) is 122 Å². The fraction of sp³-hybridized carbons (Fsp3) is 0.450. The van der Waals surface area contributed by atoms with Gasteiger partial charge < -0.3 is 19.7 Å². The molecule has 0 spiro atoms. The van der Waals surface area contributed by atoms with Crippen LogP contribution in [0.2, 0.25) is 0 Å². The van der Waals surface area contributed by atoms with Crippen molar-refractivity contribution in [3.05, 3.63) is 97.4 Å². The lowest BCUT2D eigenvalue weighted by atomic mass is 9.73. The standard InChI is InChI=1S/2C20H24N2O2/c2*1-3-13-12-22-9-7-14(13)10-19(22)20(23)16-6-8-21-18-5-4-15(24-2)11-17(16)18/h2*3-6,8,11,13-14,19-20,23H,1,7,9-10,12H2,2H3/t2*13?,14-,19?,20-/m00/s1. The molecule has 10 rings (SSSR count). The minimum Gasteiger partial charge on any atom is -0.497 e. The van der Waals surface area contributed by atoms with E-state index in [1.807, 2.05) is 48.5 Å². The minimum absolute atomic E-state index is 0.178. The van der Waals surface area contributed by atoms with Crippen molar-refractivity contribution in [1.29, 1.82) is 0 Å². The Kier molecular flexibility index (Phi) is 9.52. The summed E-state index contributed by atoms with van der Waals surface area (Å²) in [6.45, 7) is 12.1. The van der Waals surface area contributed by atoms with E-state index in [9.17, 15) is 10.2 Å². The second-order valence-corrected chi connectivity index (χ2v) is 13.9. The highest BCUT2D eigenvalue weighted by Gasteiger charge is 2.43. The molecule has 2 aromatic carbocycles. The van der Waals surface area contributed by atoms with Gasteiger partial charge >= 0.3 is 0 Å². The predicted molar refractivity (Wildman–Crippen MR) is 190 cm³/mol. The lowest BCUT2D eigenvalue weighted by Crippen LogP contribution is -2.54. The zero-order valence-electron chi connectivity index (χ0n) is 28.1. The molecule has 0 amide bonds. The van der Waals surface area contributed by atoms with E-state index in [4.69, 9.17) is 9.47 Å². The number of hydrogen-bond donors (Lipinski definition) is 2. The Balaban J connectivity index is 0.000000152. The van der Waals surface area contributed by atoms with Gasteiger partial charge in [0.05, 0.1) is 37.5 Å². The zero-order valence-corrected chi connectivity index (χ0v) is 28.1. The molecule has 6 unspecified atom stereocenters. The molecule has 6 aliphatic heterocycles. The van der Waals surface area contributed by atoms with Gasteiger partial charge in [0.2, 0.25) is 0 Å². The number of methoxy groups -OCH3 is 2. The number of ether oxygens (including phenoxy) is 2. The summed E-state index contributed by atoms with van der Waals surface area (Å²) in [5.74, 6) is 4.01. The summed E-state index contributed by atoms with van der Waals surface area (Å²) < 4.78 is 10.7. The average molecular weight is 649 g/mol. The topological polar surface area (TPSA) is 91.2 Å². The smallest absolute Gasteiger partial charge is 0.119 e. The Labute approximate surface area is 283 Å². The summed E-state index contributed by atoms with van der Waals surface area (Å²) in [5, 5.41) is 24.3. The first kappa shape index (κ1) is 32.7. The molecule has 10 atom stereocenters. The number of pyridine rings is 2. The maximum absolute atomic E-state index is 11.2. The van der Waals surface area contributed by atoms with Crippen LogP contribution in [0.1, 0.15) is 49.0 Å². The van der Waals surface area contributed by atoms with Crippen molar-refractivity contribution in [2.45, 2.75) is 50.0 Å². The van der Waals surface area contributed by atoms with Gasteiger partial charge in [0.1, 0.15) is 11.5 Å². The van der Waals surface area contributed by atoms with Gasteiger partial charge in [0, 0.05) is 48.3 Å². The van der Waals surface area contributed by atoms with E-state index < -0.39 is 12.2 Å². The van der Waals surface area contributed by atoms with Gasteiger partial charge in [-0.3, -0.25) is 19.8 Å². The zero-order chi connectivity index (χ0) is 33.4. The van der Waals surface area contributed by atoms with E-state index in [1.54, 1.807) is 26.6 Å². The Bertz CT molecular complexity index is 1650. The summed E-state index contributed by atoms with van der Waals surface area (Å²) in [5.41, 5.74) is 3.69. The number of hydrogen-bond acceptors (Lipinski definition) is 8. The number of fused-ring (bicyclic) bond motifs is 8. The van der Waals surface area contributed by atoms with E-state index in [2.05, 4.69) is 45.1 Å². The number of piperidine rings is 6. The summed E-state index contributed by atoms with van der Waals surface area (Å²) >= 11 is 0. The molecule has 8 heterocycles. The lowest BCUT2D eigenvalue weighted by molar-refractivity contribution is -0.0445. The molecule has 4 aromatic rings. The first-order valence-corrected chi connectivity index (χ1v) is 17.4. The van der Waals surface area contributed by atoms with Gasteiger partial charge in [0.25, 0.3) is 0 Å². The molecule has 2 N–H and O–H groups in total. The van der Waals surface area contributed by atoms with Crippen LogP contribution in [0.5, 0.6) is 11.5 Å². The van der Waals surface area contributed by atoms with Crippen molar-refractivity contribution in [3.8, 4) is 11.5 Å². The van der Waals surface area contributed by atoms with Crippen LogP contribution in [0.15, 0.2) is 86.2 Å². The van der Waals surface area contributed by atoms with Crippen LogP contribution in [0, 0.1) is 23.7 Å². The number of aromatic nitrogens is 2.